The highest BCUT2D eigenvalue weighted by atomic mass is 35.5. The number of hydrogen-bond donors (Lipinski definition) is 2. The van der Waals surface area contributed by atoms with E-state index in [-0.39, 0.29) is 24.3 Å². The molecular weight excluding hydrogens is 375 g/mol. The summed E-state index contributed by atoms with van der Waals surface area (Å²) < 4.78 is 0. The molecule has 0 unspecified atom stereocenters. The van der Waals surface area contributed by atoms with Crippen molar-refractivity contribution >= 4 is 41.6 Å². The van der Waals surface area contributed by atoms with E-state index in [9.17, 15) is 9.59 Å². The third kappa shape index (κ3) is 4.61. The topological polar surface area (TPSA) is 64.7 Å². The second-order valence-electron chi connectivity index (χ2n) is 6.59. The van der Waals surface area contributed by atoms with Crippen molar-refractivity contribution in [1.82, 2.24) is 15.5 Å². The summed E-state index contributed by atoms with van der Waals surface area (Å²) in [7, 11) is 0. The SMILES string of the molecule is CCNCC1CCN(C(=O)c2cc(N3CCNC3=O)ccc2Cl)CC1.Cl. The number of urea groups is 1. The first-order chi connectivity index (χ1) is 12.1. The number of rotatable bonds is 5. The van der Waals surface area contributed by atoms with Crippen molar-refractivity contribution in [3.8, 4) is 0 Å². The van der Waals surface area contributed by atoms with Crippen molar-refractivity contribution in [2.24, 2.45) is 5.92 Å². The van der Waals surface area contributed by atoms with Gasteiger partial charge >= 0.3 is 6.03 Å². The molecule has 2 saturated heterocycles. The Bertz CT molecular complexity index is 648. The average Bonchev–Trinajstić information content (AvgIpc) is 3.06. The van der Waals surface area contributed by atoms with Crippen LogP contribution in [0.25, 0.3) is 0 Å². The van der Waals surface area contributed by atoms with Crippen LogP contribution in [-0.4, -0.2) is 56.1 Å². The van der Waals surface area contributed by atoms with Crippen molar-refractivity contribution < 1.29 is 9.59 Å². The van der Waals surface area contributed by atoms with Gasteiger partial charge < -0.3 is 15.5 Å². The molecule has 3 rings (SSSR count). The van der Waals surface area contributed by atoms with Crippen molar-refractivity contribution in [3.05, 3.63) is 28.8 Å². The largest absolute Gasteiger partial charge is 0.339 e. The van der Waals surface area contributed by atoms with Gasteiger partial charge in [0.05, 0.1) is 10.6 Å². The van der Waals surface area contributed by atoms with Crippen LogP contribution in [0.3, 0.4) is 0 Å². The van der Waals surface area contributed by atoms with Gasteiger partial charge in [-0.25, -0.2) is 4.79 Å². The number of benzene rings is 1. The molecular formula is C18H26Cl2N4O2. The Kier molecular flexibility index (Phi) is 7.55. The Labute approximate surface area is 165 Å². The standard InChI is InChI=1S/C18H25ClN4O2.ClH/c1-2-20-12-13-5-8-22(9-6-13)17(24)15-11-14(3-4-16(15)19)23-10-7-21-18(23)25;/h3-4,11,13,20H,2,5-10,12H2,1H3,(H,21,25);1H. The van der Waals surface area contributed by atoms with E-state index >= 15 is 0 Å². The third-order valence-corrected chi connectivity index (χ3v) is 5.26. The number of hydrogen-bond acceptors (Lipinski definition) is 3. The number of likely N-dealkylation sites (tertiary alicyclic amines) is 1. The molecule has 3 amide bonds. The molecule has 2 N–H and O–H groups in total. The summed E-state index contributed by atoms with van der Waals surface area (Å²) in [6, 6.07) is 5.09. The number of amides is 3. The van der Waals surface area contributed by atoms with E-state index in [0.717, 1.165) is 39.0 Å². The first kappa shape index (κ1) is 20.8. The van der Waals surface area contributed by atoms with Crippen molar-refractivity contribution in [3.63, 3.8) is 0 Å². The molecule has 1 aromatic rings. The first-order valence-corrected chi connectivity index (χ1v) is 9.33. The first-order valence-electron chi connectivity index (χ1n) is 8.95. The fourth-order valence-electron chi connectivity index (χ4n) is 3.42. The van der Waals surface area contributed by atoms with E-state index in [1.807, 2.05) is 4.90 Å². The second-order valence-corrected chi connectivity index (χ2v) is 7.00. The maximum atomic E-state index is 12.9. The fraction of sp³-hybridized carbons (Fsp3) is 0.556. The number of carbonyl (C=O) groups excluding carboxylic acids is 2. The van der Waals surface area contributed by atoms with Crippen molar-refractivity contribution in [2.75, 3.05) is 44.2 Å². The van der Waals surface area contributed by atoms with E-state index < -0.39 is 0 Å². The summed E-state index contributed by atoms with van der Waals surface area (Å²) in [5.74, 6) is 0.576. The molecule has 0 saturated carbocycles. The summed E-state index contributed by atoms with van der Waals surface area (Å²) in [6.45, 7) is 6.81. The molecule has 2 aliphatic rings. The van der Waals surface area contributed by atoms with Crippen LogP contribution in [0.1, 0.15) is 30.1 Å². The quantitative estimate of drug-likeness (QED) is 0.798. The number of piperidine rings is 1. The summed E-state index contributed by atoms with van der Waals surface area (Å²) in [5.41, 5.74) is 1.19. The number of nitrogens with one attached hydrogen (secondary N) is 2. The van der Waals surface area contributed by atoms with Gasteiger partial charge in [-0.3, -0.25) is 9.69 Å². The van der Waals surface area contributed by atoms with Crippen molar-refractivity contribution in [2.45, 2.75) is 19.8 Å². The summed E-state index contributed by atoms with van der Waals surface area (Å²) in [4.78, 5) is 28.2. The average molecular weight is 401 g/mol. The highest BCUT2D eigenvalue weighted by Crippen LogP contribution is 2.27. The molecule has 26 heavy (non-hydrogen) atoms. The Morgan fingerprint density at radius 3 is 2.65 bits per heavy atom. The lowest BCUT2D eigenvalue weighted by atomic mass is 9.96. The van der Waals surface area contributed by atoms with Gasteiger partial charge in [0.25, 0.3) is 5.91 Å². The van der Waals surface area contributed by atoms with E-state index in [4.69, 9.17) is 11.6 Å². The molecule has 6 nitrogen and oxygen atoms in total. The summed E-state index contributed by atoms with van der Waals surface area (Å²) in [5, 5.41) is 6.58. The van der Waals surface area contributed by atoms with E-state index in [1.54, 1.807) is 23.1 Å². The van der Waals surface area contributed by atoms with Crippen LogP contribution in [0.5, 0.6) is 0 Å². The molecule has 8 heteroatoms. The fourth-order valence-corrected chi connectivity index (χ4v) is 3.62. The summed E-state index contributed by atoms with van der Waals surface area (Å²) >= 11 is 6.27. The molecule has 0 radical (unpaired) electrons. The zero-order valence-corrected chi connectivity index (χ0v) is 16.5. The Balaban J connectivity index is 0.00000243. The van der Waals surface area contributed by atoms with Gasteiger partial charge in [0.2, 0.25) is 0 Å². The van der Waals surface area contributed by atoms with E-state index in [2.05, 4.69) is 17.6 Å². The van der Waals surface area contributed by atoms with Gasteiger partial charge in [0, 0.05) is 31.9 Å². The number of carbonyl (C=O) groups is 2. The van der Waals surface area contributed by atoms with Crippen LogP contribution in [0.15, 0.2) is 18.2 Å². The molecule has 2 heterocycles. The van der Waals surface area contributed by atoms with Crippen LogP contribution in [0, 0.1) is 5.92 Å². The summed E-state index contributed by atoms with van der Waals surface area (Å²) in [6.07, 6.45) is 2.01. The van der Waals surface area contributed by atoms with Gasteiger partial charge in [0.1, 0.15) is 0 Å². The predicted molar refractivity (Wildman–Crippen MR) is 107 cm³/mol. The minimum Gasteiger partial charge on any atom is -0.339 e. The van der Waals surface area contributed by atoms with Crippen LogP contribution >= 0.6 is 24.0 Å². The Morgan fingerprint density at radius 2 is 2.04 bits per heavy atom. The van der Waals surface area contributed by atoms with Gasteiger partial charge in [-0.2, -0.15) is 0 Å². The molecule has 0 aromatic heterocycles. The van der Waals surface area contributed by atoms with Gasteiger partial charge in [-0.05, 0) is 50.0 Å². The number of halogens is 2. The predicted octanol–water partition coefficient (Wildman–Crippen LogP) is 2.75. The van der Waals surface area contributed by atoms with Crippen LogP contribution in [0.2, 0.25) is 5.02 Å². The molecule has 1 aromatic carbocycles. The Hall–Kier alpha value is -1.50. The van der Waals surface area contributed by atoms with Crippen LogP contribution < -0.4 is 15.5 Å². The lowest BCUT2D eigenvalue weighted by molar-refractivity contribution is 0.0690. The van der Waals surface area contributed by atoms with E-state index in [0.29, 0.717) is 35.3 Å². The van der Waals surface area contributed by atoms with Gasteiger partial charge in [-0.1, -0.05) is 18.5 Å². The molecule has 0 atom stereocenters. The second kappa shape index (κ2) is 9.44. The van der Waals surface area contributed by atoms with Crippen LogP contribution in [0.4, 0.5) is 10.5 Å². The molecule has 2 aliphatic heterocycles. The maximum Gasteiger partial charge on any atom is 0.321 e. The third-order valence-electron chi connectivity index (χ3n) is 4.93. The smallest absolute Gasteiger partial charge is 0.321 e. The zero-order valence-electron chi connectivity index (χ0n) is 15.0. The van der Waals surface area contributed by atoms with E-state index in [1.165, 1.54) is 0 Å². The van der Waals surface area contributed by atoms with Crippen molar-refractivity contribution in [1.29, 1.82) is 0 Å². The molecule has 0 bridgehead atoms. The lowest BCUT2D eigenvalue weighted by Gasteiger charge is -2.32. The molecule has 2 fully saturated rings. The highest BCUT2D eigenvalue weighted by molar-refractivity contribution is 6.34. The number of nitrogens with zero attached hydrogens (tertiary/aromatic N) is 2. The number of anilines is 1. The molecule has 0 aliphatic carbocycles. The van der Waals surface area contributed by atoms with Crippen LogP contribution in [-0.2, 0) is 0 Å². The molecule has 144 valence electrons. The minimum absolute atomic E-state index is 0. The monoisotopic (exact) mass is 400 g/mol. The maximum absolute atomic E-state index is 12.9. The minimum atomic E-state index is -0.134. The lowest BCUT2D eigenvalue weighted by Crippen LogP contribution is -2.41. The molecule has 0 spiro atoms. The van der Waals surface area contributed by atoms with Gasteiger partial charge in [0.15, 0.2) is 0 Å². The Morgan fingerprint density at radius 1 is 1.31 bits per heavy atom. The highest BCUT2D eigenvalue weighted by Gasteiger charge is 2.27. The normalized spacial score (nSPS) is 17.8. The van der Waals surface area contributed by atoms with Gasteiger partial charge in [-0.15, -0.1) is 12.4 Å². The zero-order chi connectivity index (χ0) is 17.8.